The molecule has 0 bridgehead atoms. The number of nitrogens with zero attached hydrogens (tertiary/aromatic N) is 10. The number of benzene rings is 12. The molecule has 6 aliphatic rings. The zero-order valence-electron chi connectivity index (χ0n) is 67.7. The first kappa shape index (κ1) is 78.8. The largest absolute Gasteiger partial charge is 0.372 e. The molecule has 10 aromatic rings. The Balaban J connectivity index is 0.000000153. The van der Waals surface area contributed by atoms with Gasteiger partial charge in [0.05, 0.1) is 67.3 Å². The van der Waals surface area contributed by atoms with Gasteiger partial charge in [0, 0.05) is 167 Å². The highest BCUT2D eigenvalue weighted by Crippen LogP contribution is 2.42. The predicted molar refractivity (Wildman–Crippen MR) is 475 cm³/mol. The lowest BCUT2D eigenvalue weighted by atomic mass is 9.89. The summed E-state index contributed by atoms with van der Waals surface area (Å²) in [5.74, 6) is -0.233. The number of carbonyl (C=O) groups is 3. The Kier molecular flexibility index (Phi) is 22.9. The third kappa shape index (κ3) is 14.2. The number of nitrogens with two attached hydrogens (primary N) is 1. The maximum atomic E-state index is 13.7. The fourth-order valence-corrected chi connectivity index (χ4v) is 17.3. The van der Waals surface area contributed by atoms with Gasteiger partial charge in [0.2, 0.25) is 16.8 Å². The van der Waals surface area contributed by atoms with Crippen LogP contribution in [0.4, 0.5) is 22.7 Å². The number of amides is 2. The lowest BCUT2D eigenvalue weighted by molar-refractivity contribution is -0.114. The van der Waals surface area contributed by atoms with Crippen molar-refractivity contribution in [3.63, 3.8) is 0 Å². The monoisotopic (exact) mass is 1530 g/mol. The molecule has 3 aliphatic heterocycles. The minimum Gasteiger partial charge on any atom is -0.372 e. The molecular weight excluding hydrogens is 1430 g/mol. The lowest BCUT2D eigenvalue weighted by Crippen LogP contribution is -2.29. The van der Waals surface area contributed by atoms with Gasteiger partial charge in [0.15, 0.2) is 11.7 Å². The zero-order chi connectivity index (χ0) is 81.2. The molecule has 16 rings (SSSR count). The summed E-state index contributed by atoms with van der Waals surface area (Å²) < 4.78 is 8.81. The van der Waals surface area contributed by atoms with Crippen LogP contribution in [0.5, 0.6) is 0 Å². The molecule has 0 saturated heterocycles. The van der Waals surface area contributed by atoms with Crippen LogP contribution < -0.4 is 47.4 Å². The lowest BCUT2D eigenvalue weighted by Gasteiger charge is -2.26. The fourth-order valence-electron chi connectivity index (χ4n) is 17.3. The van der Waals surface area contributed by atoms with E-state index in [-0.39, 0.29) is 39.4 Å². The van der Waals surface area contributed by atoms with Gasteiger partial charge in [-0.15, -0.1) is 0 Å². The fraction of sp³-hybridized carbons (Fsp3) is 0.260. The molecule has 0 fully saturated rings. The van der Waals surface area contributed by atoms with E-state index in [4.69, 9.17) is 20.7 Å². The molecule has 2 amide bonds. The van der Waals surface area contributed by atoms with E-state index in [9.17, 15) is 28.8 Å². The van der Waals surface area contributed by atoms with Crippen molar-refractivity contribution < 1.29 is 14.4 Å². The molecule has 115 heavy (non-hydrogen) atoms. The second-order valence-electron chi connectivity index (χ2n) is 29.3. The summed E-state index contributed by atoms with van der Waals surface area (Å²) in [5, 5.41) is 11.9. The molecule has 19 nitrogen and oxygen atoms in total. The van der Waals surface area contributed by atoms with Gasteiger partial charge in [0.25, 0.3) is 5.91 Å². The summed E-state index contributed by atoms with van der Waals surface area (Å²) >= 11 is 0. The van der Waals surface area contributed by atoms with Crippen LogP contribution in [0, 0.1) is 6.92 Å². The molecule has 9 aromatic carbocycles. The van der Waals surface area contributed by atoms with E-state index in [0.717, 1.165) is 124 Å². The number of rotatable bonds is 22. The number of anilines is 4. The van der Waals surface area contributed by atoms with E-state index >= 15 is 0 Å². The van der Waals surface area contributed by atoms with Crippen molar-refractivity contribution in [3.05, 3.63) is 265 Å². The number of likely N-dealkylation sites (N-methyl/N-ethyl adjacent to an activating group) is 1. The molecule has 1 aromatic heterocycles. The number of aldehydes is 1. The highest BCUT2D eigenvalue weighted by molar-refractivity contribution is 6.12. The molecule has 4 N–H and O–H groups in total. The van der Waals surface area contributed by atoms with Crippen LogP contribution in [0.3, 0.4) is 0 Å². The summed E-state index contributed by atoms with van der Waals surface area (Å²) in [7, 11) is 1.55. The van der Waals surface area contributed by atoms with Crippen molar-refractivity contribution in [3.8, 4) is 34.2 Å². The van der Waals surface area contributed by atoms with Crippen molar-refractivity contribution in [1.82, 2.24) is 38.5 Å². The van der Waals surface area contributed by atoms with E-state index in [2.05, 4.69) is 203 Å². The van der Waals surface area contributed by atoms with Gasteiger partial charge in [-0.05, 0) is 159 Å². The van der Waals surface area contributed by atoms with Crippen LogP contribution in [0.15, 0.2) is 221 Å². The van der Waals surface area contributed by atoms with Crippen molar-refractivity contribution in [2.24, 2.45) is 5.73 Å². The Labute approximate surface area is 669 Å². The molecule has 0 spiro atoms. The molecule has 0 saturated carbocycles. The summed E-state index contributed by atoms with van der Waals surface area (Å²) in [6.07, 6.45) is 2.93. The van der Waals surface area contributed by atoms with Crippen molar-refractivity contribution in [1.29, 1.82) is 0 Å². The van der Waals surface area contributed by atoms with Gasteiger partial charge in [-0.2, -0.15) is 0 Å². The van der Waals surface area contributed by atoms with Gasteiger partial charge in [-0.3, -0.25) is 28.8 Å². The standard InChI is InChI=1S/C47H47N5O2.C25H26N4O2.C24H26N4O2/c1-6-33(27-30(4)52-41-19-13-11-15-36(41)37-16-12-14-20-42(37)52)34-23-21-32(22-24-34)29-50(7-2)35-25-26-40-43(28-35)51(8-3)46-44(49-40)38-17-9-10-18-39(38)47(54)45(46)48-31(5)53;1-5-28(15(3)13-26)18-10-11-20-21(12-18)29(6-2)24-16(4)25(31)19-9-7-8-17(14-30)22(19)23(24)27-20;1-5-27(6-2)15-12-13-18-19(14-15)28(7-3)22-20(24(30)25-4)23(29)17-11-9-8-10-16(17)21(22)26-18/h9-26,28,30,33H,6-8,27,29H2,1-5H3,(H,48,53);7-12,14H,3,5-6,13,26H2,1-2,4H3;8-14H,5-7H2,1-4H3,(H,25,30). The number of aromatic nitrogens is 7. The second kappa shape index (κ2) is 33.4. The minimum atomic E-state index is -0.390. The first-order chi connectivity index (χ1) is 55.8. The maximum Gasteiger partial charge on any atom is 0.257 e. The highest BCUT2D eigenvalue weighted by atomic mass is 16.2. The average Bonchev–Trinajstić information content (AvgIpc) is 1.52. The van der Waals surface area contributed by atoms with E-state index in [0.29, 0.717) is 99.3 Å². The quantitative estimate of drug-likeness (QED) is 0.0327. The maximum absolute atomic E-state index is 13.7. The van der Waals surface area contributed by atoms with Crippen LogP contribution in [-0.2, 0) is 31.0 Å². The van der Waals surface area contributed by atoms with Crippen LogP contribution in [0.2, 0.25) is 0 Å². The smallest absolute Gasteiger partial charge is 0.257 e. The SMILES string of the molecule is C=C(CN)N(CC)c1ccc2nc3c4c(C=O)cccc4c(=O)c(C)c-3n(CC)c2c1.CCC(CC(C)n1c2ccccc2c2ccccc21)c1ccc(CN(CC)c2ccc3nc4c5ccccc5c(=O)c(NC(C)=O)c-4n(CC)c3c2)cc1.CCN(CC)c1ccc2nc3c4ccccc4c(=O)c(C(=O)NC)c-3n(CC)c2c1. The van der Waals surface area contributed by atoms with Gasteiger partial charge in [-0.25, -0.2) is 15.0 Å². The zero-order valence-corrected chi connectivity index (χ0v) is 67.7. The Morgan fingerprint density at radius 2 is 1.00 bits per heavy atom. The summed E-state index contributed by atoms with van der Waals surface area (Å²) in [6, 6.07) is 65.8. The average molecular weight is 1530 g/mol. The van der Waals surface area contributed by atoms with Crippen LogP contribution in [0.1, 0.15) is 131 Å². The normalized spacial score (nSPS) is 12.1. The first-order valence-electron chi connectivity index (χ1n) is 40.2. The summed E-state index contributed by atoms with van der Waals surface area (Å²) in [6.45, 7) is 33.0. The number of carbonyl (C=O) groups excluding carboxylic acids is 3. The molecule has 19 heteroatoms. The molecule has 584 valence electrons. The number of para-hydroxylation sites is 2. The molecule has 0 radical (unpaired) electrons. The third-order valence-corrected chi connectivity index (χ3v) is 22.9. The first-order valence-corrected chi connectivity index (χ1v) is 40.2. The van der Waals surface area contributed by atoms with Gasteiger partial charge in [0.1, 0.15) is 11.3 Å². The van der Waals surface area contributed by atoms with Crippen LogP contribution in [-0.4, -0.2) is 91.1 Å². The van der Waals surface area contributed by atoms with E-state index < -0.39 is 0 Å². The van der Waals surface area contributed by atoms with E-state index in [1.54, 1.807) is 37.4 Å². The number of nitrogens with one attached hydrogen (secondary N) is 2. The molecule has 2 atom stereocenters. The van der Waals surface area contributed by atoms with Crippen LogP contribution in [0.25, 0.3) is 121 Å². The molecule has 2 unspecified atom stereocenters. The number of hydrogen-bond acceptors (Lipinski definition) is 13. The van der Waals surface area contributed by atoms with Gasteiger partial charge in [-0.1, -0.05) is 141 Å². The Morgan fingerprint density at radius 1 is 0.522 bits per heavy atom. The summed E-state index contributed by atoms with van der Waals surface area (Å²) in [5.41, 5.74) is 25.3. The highest BCUT2D eigenvalue weighted by Gasteiger charge is 2.30. The number of hydrogen-bond donors (Lipinski definition) is 3. The van der Waals surface area contributed by atoms with Gasteiger partial charge >= 0.3 is 0 Å². The van der Waals surface area contributed by atoms with Gasteiger partial charge < -0.3 is 49.3 Å². The minimum absolute atomic E-state index is 0.0719. The van der Waals surface area contributed by atoms with E-state index in [1.807, 2.05) is 79.9 Å². The van der Waals surface area contributed by atoms with Crippen molar-refractivity contribution >= 4 is 128 Å². The number of fused-ring (bicyclic) bond motifs is 15. The van der Waals surface area contributed by atoms with Crippen molar-refractivity contribution in [2.45, 2.75) is 127 Å². The Hall–Kier alpha value is -12.9. The Morgan fingerprint density at radius 3 is 1.51 bits per heavy atom. The molecular formula is C96H99N13O6. The van der Waals surface area contributed by atoms with Crippen molar-refractivity contribution in [2.75, 3.05) is 59.8 Å². The number of aryl methyl sites for hydroxylation is 3. The van der Waals surface area contributed by atoms with E-state index in [1.165, 1.54) is 39.9 Å². The summed E-state index contributed by atoms with van der Waals surface area (Å²) in [4.78, 5) is 98.8. The molecule has 3 aliphatic carbocycles. The van der Waals surface area contributed by atoms with Crippen LogP contribution >= 0.6 is 0 Å². The topological polar surface area (TPSA) is 221 Å². The third-order valence-electron chi connectivity index (χ3n) is 22.9. The second-order valence-corrected chi connectivity index (χ2v) is 29.3. The molecule has 4 heterocycles. The predicted octanol–water partition coefficient (Wildman–Crippen LogP) is 18.9. The Bertz CT molecular complexity index is 6490.